The van der Waals surface area contributed by atoms with Gasteiger partial charge >= 0.3 is 0 Å². The Morgan fingerprint density at radius 1 is 0.862 bits per heavy atom. The van der Waals surface area contributed by atoms with Crippen molar-refractivity contribution in [3.05, 3.63) is 59.7 Å². The summed E-state index contributed by atoms with van der Waals surface area (Å²) in [6.45, 7) is 0.982. The maximum absolute atomic E-state index is 13.2. The zero-order valence-electron chi connectivity index (χ0n) is 17.4. The first kappa shape index (κ1) is 21.2. The lowest BCUT2D eigenvalue weighted by atomic mass is 9.82. The molecule has 0 bridgehead atoms. The molecular formula is C24H31NO4. The van der Waals surface area contributed by atoms with E-state index >= 15 is 0 Å². The molecule has 1 amide bonds. The van der Waals surface area contributed by atoms with Crippen LogP contribution in [-0.2, 0) is 17.9 Å². The first-order valence-corrected chi connectivity index (χ1v) is 10.3. The second-order valence-corrected chi connectivity index (χ2v) is 7.91. The van der Waals surface area contributed by atoms with Crippen molar-refractivity contribution in [1.82, 2.24) is 4.90 Å². The fraction of sp³-hybridized carbons (Fsp3) is 0.458. The van der Waals surface area contributed by atoms with Crippen LogP contribution in [0.5, 0.6) is 11.5 Å². The van der Waals surface area contributed by atoms with Crippen LogP contribution in [0.15, 0.2) is 48.5 Å². The lowest BCUT2D eigenvalue weighted by molar-refractivity contribution is -0.139. The highest BCUT2D eigenvalue weighted by Crippen LogP contribution is 2.32. The number of benzene rings is 2. The highest BCUT2D eigenvalue weighted by Gasteiger charge is 2.33. The van der Waals surface area contributed by atoms with Crippen LogP contribution in [0.1, 0.15) is 49.7 Å². The van der Waals surface area contributed by atoms with Gasteiger partial charge < -0.3 is 19.5 Å². The van der Waals surface area contributed by atoms with Gasteiger partial charge in [0.25, 0.3) is 0 Å². The number of rotatable bonds is 8. The van der Waals surface area contributed by atoms with Crippen LogP contribution in [0.2, 0.25) is 0 Å². The fourth-order valence-corrected chi connectivity index (χ4v) is 3.91. The van der Waals surface area contributed by atoms with Crippen LogP contribution in [0.3, 0.4) is 0 Å². The Morgan fingerprint density at radius 3 is 1.72 bits per heavy atom. The van der Waals surface area contributed by atoms with Crippen molar-refractivity contribution in [2.24, 2.45) is 0 Å². The molecule has 1 fully saturated rings. The Morgan fingerprint density at radius 2 is 1.31 bits per heavy atom. The average molecular weight is 398 g/mol. The summed E-state index contributed by atoms with van der Waals surface area (Å²) in [5.74, 6) is 1.57. The van der Waals surface area contributed by atoms with E-state index in [9.17, 15) is 9.90 Å². The van der Waals surface area contributed by atoms with Crippen molar-refractivity contribution in [1.29, 1.82) is 0 Å². The van der Waals surface area contributed by atoms with E-state index in [0.717, 1.165) is 41.9 Å². The van der Waals surface area contributed by atoms with Crippen molar-refractivity contribution >= 4 is 5.91 Å². The van der Waals surface area contributed by atoms with E-state index in [4.69, 9.17) is 9.47 Å². The van der Waals surface area contributed by atoms with E-state index in [-0.39, 0.29) is 12.3 Å². The molecule has 0 radical (unpaired) electrons. The molecule has 5 heteroatoms. The van der Waals surface area contributed by atoms with Crippen molar-refractivity contribution in [3.63, 3.8) is 0 Å². The lowest BCUT2D eigenvalue weighted by Gasteiger charge is -2.34. The molecule has 0 heterocycles. The molecule has 1 saturated carbocycles. The van der Waals surface area contributed by atoms with Gasteiger partial charge in [-0.1, -0.05) is 43.5 Å². The summed E-state index contributed by atoms with van der Waals surface area (Å²) in [6, 6.07) is 15.5. The van der Waals surface area contributed by atoms with E-state index in [1.165, 1.54) is 0 Å². The maximum atomic E-state index is 13.2. The van der Waals surface area contributed by atoms with Gasteiger partial charge in [0.15, 0.2) is 0 Å². The number of carbonyl (C=O) groups is 1. The molecule has 1 aliphatic rings. The molecule has 156 valence electrons. The molecule has 0 aromatic heterocycles. The topological polar surface area (TPSA) is 59.0 Å². The molecule has 0 atom stereocenters. The van der Waals surface area contributed by atoms with Gasteiger partial charge in [0, 0.05) is 13.1 Å². The highest BCUT2D eigenvalue weighted by molar-refractivity contribution is 5.77. The monoisotopic (exact) mass is 397 g/mol. The Hall–Kier alpha value is -2.53. The van der Waals surface area contributed by atoms with Crippen molar-refractivity contribution < 1.29 is 19.4 Å². The zero-order valence-corrected chi connectivity index (χ0v) is 17.4. The molecule has 5 nitrogen and oxygen atoms in total. The number of aliphatic hydroxyl groups is 1. The Balaban J connectivity index is 1.75. The van der Waals surface area contributed by atoms with Gasteiger partial charge in [0.05, 0.1) is 26.2 Å². The standard InChI is InChI=1S/C24H31NO4/c1-28-21-10-6-19(7-11-21)17-25(18-20-8-12-22(29-2)13-9-20)23(26)16-24(27)14-4-3-5-15-24/h6-13,27H,3-5,14-18H2,1-2H3. The Labute approximate surface area is 173 Å². The lowest BCUT2D eigenvalue weighted by Crippen LogP contribution is -2.40. The Bertz CT molecular complexity index is 730. The van der Waals surface area contributed by atoms with Gasteiger partial charge in [-0.25, -0.2) is 0 Å². The summed E-state index contributed by atoms with van der Waals surface area (Å²) in [7, 11) is 3.28. The van der Waals surface area contributed by atoms with Gasteiger partial charge in [0.1, 0.15) is 11.5 Å². The summed E-state index contributed by atoms with van der Waals surface area (Å²) >= 11 is 0. The largest absolute Gasteiger partial charge is 0.497 e. The summed E-state index contributed by atoms with van der Waals surface area (Å²) in [5.41, 5.74) is 1.19. The quantitative estimate of drug-likeness (QED) is 0.721. The number of methoxy groups -OCH3 is 2. The summed E-state index contributed by atoms with van der Waals surface area (Å²) in [5, 5.41) is 10.9. The summed E-state index contributed by atoms with van der Waals surface area (Å²) < 4.78 is 10.5. The van der Waals surface area contributed by atoms with E-state index < -0.39 is 5.60 Å². The normalized spacial score (nSPS) is 15.6. The minimum atomic E-state index is -0.868. The number of hydrogen-bond donors (Lipinski definition) is 1. The van der Waals surface area contributed by atoms with Crippen molar-refractivity contribution in [3.8, 4) is 11.5 Å². The van der Waals surface area contributed by atoms with Gasteiger partial charge in [-0.2, -0.15) is 0 Å². The second-order valence-electron chi connectivity index (χ2n) is 7.91. The van der Waals surface area contributed by atoms with E-state index in [1.54, 1.807) is 14.2 Å². The maximum Gasteiger partial charge on any atom is 0.226 e. The van der Waals surface area contributed by atoms with Crippen LogP contribution in [0, 0.1) is 0 Å². The highest BCUT2D eigenvalue weighted by atomic mass is 16.5. The Kier molecular flexibility index (Phi) is 7.15. The zero-order chi connectivity index (χ0) is 20.7. The van der Waals surface area contributed by atoms with Crippen LogP contribution >= 0.6 is 0 Å². The van der Waals surface area contributed by atoms with Crippen LogP contribution in [0.25, 0.3) is 0 Å². The fourth-order valence-electron chi connectivity index (χ4n) is 3.91. The molecule has 2 aromatic carbocycles. The number of nitrogens with zero attached hydrogens (tertiary/aromatic N) is 1. The van der Waals surface area contributed by atoms with E-state index in [0.29, 0.717) is 25.9 Å². The number of amides is 1. The van der Waals surface area contributed by atoms with Crippen LogP contribution in [0.4, 0.5) is 0 Å². The van der Waals surface area contributed by atoms with Crippen molar-refractivity contribution in [2.45, 2.75) is 57.2 Å². The van der Waals surface area contributed by atoms with E-state index in [1.807, 2.05) is 53.4 Å². The molecule has 0 saturated heterocycles. The average Bonchev–Trinajstić information content (AvgIpc) is 2.74. The van der Waals surface area contributed by atoms with Crippen LogP contribution < -0.4 is 9.47 Å². The molecule has 0 unspecified atom stereocenters. The summed E-state index contributed by atoms with van der Waals surface area (Å²) in [6.07, 6.45) is 4.70. The minimum absolute atomic E-state index is 0.0129. The molecule has 29 heavy (non-hydrogen) atoms. The third-order valence-corrected chi connectivity index (χ3v) is 5.68. The number of hydrogen-bond acceptors (Lipinski definition) is 4. The number of carbonyl (C=O) groups excluding carboxylic acids is 1. The van der Waals surface area contributed by atoms with Crippen LogP contribution in [-0.4, -0.2) is 35.7 Å². The van der Waals surface area contributed by atoms with Gasteiger partial charge in [0.2, 0.25) is 5.91 Å². The molecule has 1 aliphatic carbocycles. The molecule has 0 spiro atoms. The molecule has 3 rings (SSSR count). The van der Waals surface area contributed by atoms with Crippen molar-refractivity contribution in [2.75, 3.05) is 14.2 Å². The predicted octanol–water partition coefficient (Wildman–Crippen LogP) is 4.32. The SMILES string of the molecule is COc1ccc(CN(Cc2ccc(OC)cc2)C(=O)CC2(O)CCCCC2)cc1. The molecular weight excluding hydrogens is 366 g/mol. The molecule has 1 N–H and O–H groups in total. The number of ether oxygens (including phenoxy) is 2. The predicted molar refractivity (Wildman–Crippen MR) is 113 cm³/mol. The van der Waals surface area contributed by atoms with Gasteiger partial charge in [-0.3, -0.25) is 4.79 Å². The van der Waals surface area contributed by atoms with E-state index in [2.05, 4.69) is 0 Å². The van der Waals surface area contributed by atoms with Gasteiger partial charge in [-0.05, 0) is 48.2 Å². The third kappa shape index (κ3) is 5.97. The third-order valence-electron chi connectivity index (χ3n) is 5.68. The molecule has 0 aliphatic heterocycles. The second kappa shape index (κ2) is 9.79. The first-order chi connectivity index (χ1) is 14.0. The summed E-state index contributed by atoms with van der Waals surface area (Å²) in [4.78, 5) is 15.0. The smallest absolute Gasteiger partial charge is 0.226 e. The minimum Gasteiger partial charge on any atom is -0.497 e. The van der Waals surface area contributed by atoms with Gasteiger partial charge in [-0.15, -0.1) is 0 Å². The first-order valence-electron chi connectivity index (χ1n) is 10.3. The molecule has 2 aromatic rings.